The molecule has 1 aliphatic carbocycles. The zero-order valence-electron chi connectivity index (χ0n) is 10.3. The number of hydrogen-bond donors (Lipinski definition) is 1. The van der Waals surface area contributed by atoms with Crippen LogP contribution in [0.25, 0.3) is 0 Å². The summed E-state index contributed by atoms with van der Waals surface area (Å²) in [7, 11) is 1.37. The van der Waals surface area contributed by atoms with Crippen molar-refractivity contribution < 1.29 is 9.53 Å². The Labute approximate surface area is 111 Å². The molecule has 1 aromatic carbocycles. The van der Waals surface area contributed by atoms with Gasteiger partial charge in [0, 0.05) is 15.8 Å². The number of anilines is 1. The van der Waals surface area contributed by atoms with Gasteiger partial charge in [-0.15, -0.1) is 11.8 Å². The molecular weight excluding hydrogens is 246 g/mol. The van der Waals surface area contributed by atoms with E-state index < -0.39 is 0 Å². The van der Waals surface area contributed by atoms with Crippen molar-refractivity contribution in [3.05, 3.63) is 47.6 Å². The van der Waals surface area contributed by atoms with E-state index in [-0.39, 0.29) is 5.97 Å². The van der Waals surface area contributed by atoms with Gasteiger partial charge in [0.15, 0.2) is 0 Å². The minimum atomic E-state index is -0.351. The Hall–Kier alpha value is -1.68. The number of nitrogens with two attached hydrogens (primary N) is 1. The molecule has 0 amide bonds. The number of allylic oxidation sites excluding steroid dienone is 2. The van der Waals surface area contributed by atoms with Gasteiger partial charge in [0.2, 0.25) is 0 Å². The van der Waals surface area contributed by atoms with Gasteiger partial charge in [0.25, 0.3) is 0 Å². The predicted octanol–water partition coefficient (Wildman–Crippen LogP) is 2.95. The standard InChI is InChI=1S/C14H15NO2S/c1-9-7-13(18-10-5-3-4-6-10)12(15)8-11(9)14(16)17-2/h3-8,10H,15H2,1-2H3. The molecule has 0 heterocycles. The van der Waals surface area contributed by atoms with Crippen LogP contribution < -0.4 is 5.73 Å². The lowest BCUT2D eigenvalue weighted by atomic mass is 10.1. The molecule has 0 fully saturated rings. The fourth-order valence-corrected chi connectivity index (χ4v) is 2.84. The van der Waals surface area contributed by atoms with E-state index in [0.29, 0.717) is 16.5 Å². The summed E-state index contributed by atoms with van der Waals surface area (Å²) in [6, 6.07) is 3.62. The van der Waals surface area contributed by atoms with E-state index in [9.17, 15) is 4.79 Å². The lowest BCUT2D eigenvalue weighted by Crippen LogP contribution is -2.06. The minimum Gasteiger partial charge on any atom is -0.465 e. The zero-order chi connectivity index (χ0) is 13.1. The summed E-state index contributed by atoms with van der Waals surface area (Å²) in [5.74, 6) is -0.351. The van der Waals surface area contributed by atoms with Crippen LogP contribution in [0.15, 0.2) is 41.3 Å². The van der Waals surface area contributed by atoms with E-state index >= 15 is 0 Å². The first kappa shape index (κ1) is 12.8. The summed E-state index contributed by atoms with van der Waals surface area (Å²) in [4.78, 5) is 12.5. The van der Waals surface area contributed by atoms with Crippen LogP contribution in [0.5, 0.6) is 0 Å². The van der Waals surface area contributed by atoms with Crippen LogP contribution in [0.4, 0.5) is 5.69 Å². The summed E-state index contributed by atoms with van der Waals surface area (Å²) in [6.45, 7) is 1.88. The maximum Gasteiger partial charge on any atom is 0.338 e. The smallest absolute Gasteiger partial charge is 0.338 e. The number of benzene rings is 1. The largest absolute Gasteiger partial charge is 0.465 e. The molecule has 2 rings (SSSR count). The minimum absolute atomic E-state index is 0.315. The molecule has 0 atom stereocenters. The molecule has 1 aliphatic rings. The quantitative estimate of drug-likeness (QED) is 0.671. The number of nitrogen functional groups attached to an aromatic ring is 1. The van der Waals surface area contributed by atoms with Gasteiger partial charge in [-0.2, -0.15) is 0 Å². The highest BCUT2D eigenvalue weighted by atomic mass is 32.2. The van der Waals surface area contributed by atoms with E-state index in [1.165, 1.54) is 7.11 Å². The van der Waals surface area contributed by atoms with Gasteiger partial charge in [-0.1, -0.05) is 24.3 Å². The number of methoxy groups -OCH3 is 1. The Bertz CT molecular complexity index is 523. The van der Waals surface area contributed by atoms with Crippen molar-refractivity contribution >= 4 is 23.4 Å². The summed E-state index contributed by atoms with van der Waals surface area (Å²) < 4.78 is 4.72. The number of rotatable bonds is 3. The molecule has 94 valence electrons. The molecule has 2 N–H and O–H groups in total. The summed E-state index contributed by atoms with van der Waals surface area (Å²) in [5.41, 5.74) is 8.00. The van der Waals surface area contributed by atoms with Gasteiger partial charge in [0.05, 0.1) is 12.7 Å². The van der Waals surface area contributed by atoms with Gasteiger partial charge < -0.3 is 10.5 Å². The number of thioether (sulfide) groups is 1. The number of carbonyl (C=O) groups excluding carboxylic acids is 1. The van der Waals surface area contributed by atoms with Crippen molar-refractivity contribution in [1.82, 2.24) is 0 Å². The average molecular weight is 261 g/mol. The SMILES string of the molecule is COC(=O)c1cc(N)c(SC2C=CC=C2)cc1C. The van der Waals surface area contributed by atoms with Crippen LogP contribution in [0, 0.1) is 6.92 Å². The predicted molar refractivity (Wildman–Crippen MR) is 74.9 cm³/mol. The molecule has 0 unspecified atom stereocenters. The molecule has 0 saturated heterocycles. The first-order chi connectivity index (χ1) is 8.61. The molecule has 0 spiro atoms. The van der Waals surface area contributed by atoms with Crippen molar-refractivity contribution in [2.45, 2.75) is 17.1 Å². The van der Waals surface area contributed by atoms with Gasteiger partial charge >= 0.3 is 5.97 Å². The Morgan fingerprint density at radius 2 is 2.00 bits per heavy atom. The molecule has 4 heteroatoms. The molecule has 3 nitrogen and oxygen atoms in total. The van der Waals surface area contributed by atoms with Crippen molar-refractivity contribution in [2.24, 2.45) is 0 Å². The van der Waals surface area contributed by atoms with E-state index in [0.717, 1.165) is 10.5 Å². The summed E-state index contributed by atoms with van der Waals surface area (Å²) in [5, 5.41) is 0.315. The lowest BCUT2D eigenvalue weighted by Gasteiger charge is -2.12. The molecule has 0 radical (unpaired) electrons. The van der Waals surface area contributed by atoms with Gasteiger partial charge in [-0.3, -0.25) is 0 Å². The van der Waals surface area contributed by atoms with Crippen molar-refractivity contribution in [1.29, 1.82) is 0 Å². The lowest BCUT2D eigenvalue weighted by molar-refractivity contribution is 0.0600. The average Bonchev–Trinajstić information content (AvgIpc) is 2.85. The van der Waals surface area contributed by atoms with E-state index in [2.05, 4.69) is 12.2 Å². The first-order valence-electron chi connectivity index (χ1n) is 5.62. The van der Waals surface area contributed by atoms with Gasteiger partial charge in [-0.05, 0) is 24.6 Å². The Morgan fingerprint density at radius 1 is 1.33 bits per heavy atom. The maximum absolute atomic E-state index is 11.5. The van der Waals surface area contributed by atoms with E-state index in [1.54, 1.807) is 17.8 Å². The van der Waals surface area contributed by atoms with Crippen LogP contribution in [0.3, 0.4) is 0 Å². The van der Waals surface area contributed by atoms with Crippen molar-refractivity contribution in [3.63, 3.8) is 0 Å². The Balaban J connectivity index is 2.27. The number of carbonyl (C=O) groups is 1. The third-order valence-electron chi connectivity index (χ3n) is 2.74. The second-order valence-corrected chi connectivity index (χ2v) is 5.27. The topological polar surface area (TPSA) is 52.3 Å². The molecule has 1 aromatic rings. The molecule has 0 saturated carbocycles. The fourth-order valence-electron chi connectivity index (χ4n) is 1.77. The second-order valence-electron chi connectivity index (χ2n) is 4.05. The monoisotopic (exact) mass is 261 g/mol. The van der Waals surface area contributed by atoms with Crippen LogP contribution >= 0.6 is 11.8 Å². The number of hydrogen-bond acceptors (Lipinski definition) is 4. The maximum atomic E-state index is 11.5. The van der Waals surface area contributed by atoms with Gasteiger partial charge in [0.1, 0.15) is 0 Å². The van der Waals surface area contributed by atoms with Gasteiger partial charge in [-0.25, -0.2) is 4.79 Å². The first-order valence-corrected chi connectivity index (χ1v) is 6.50. The Kier molecular flexibility index (Phi) is 3.77. The van der Waals surface area contributed by atoms with Crippen LogP contribution in [-0.4, -0.2) is 18.3 Å². The highest BCUT2D eigenvalue weighted by Gasteiger charge is 2.14. The van der Waals surface area contributed by atoms with Crippen molar-refractivity contribution in [2.75, 3.05) is 12.8 Å². The third-order valence-corrected chi connectivity index (χ3v) is 3.93. The van der Waals surface area contributed by atoms with E-state index in [4.69, 9.17) is 10.5 Å². The highest BCUT2D eigenvalue weighted by Crippen LogP contribution is 2.33. The highest BCUT2D eigenvalue weighted by molar-refractivity contribution is 8.00. The number of esters is 1. The summed E-state index contributed by atoms with van der Waals surface area (Å²) >= 11 is 1.67. The Morgan fingerprint density at radius 3 is 2.61 bits per heavy atom. The normalized spacial score (nSPS) is 14.1. The van der Waals surface area contributed by atoms with Crippen LogP contribution in [0.1, 0.15) is 15.9 Å². The second kappa shape index (κ2) is 5.31. The molecule has 0 bridgehead atoms. The number of ether oxygens (including phenoxy) is 1. The molecule has 18 heavy (non-hydrogen) atoms. The van der Waals surface area contributed by atoms with Crippen LogP contribution in [-0.2, 0) is 4.74 Å². The molecule has 0 aliphatic heterocycles. The summed E-state index contributed by atoms with van der Waals surface area (Å²) in [6.07, 6.45) is 8.24. The zero-order valence-corrected chi connectivity index (χ0v) is 11.2. The fraction of sp³-hybridized carbons (Fsp3) is 0.214. The van der Waals surface area contributed by atoms with Crippen molar-refractivity contribution in [3.8, 4) is 0 Å². The van der Waals surface area contributed by atoms with Crippen LogP contribution in [0.2, 0.25) is 0 Å². The molecular formula is C14H15NO2S. The number of aryl methyl sites for hydroxylation is 1. The molecule has 0 aromatic heterocycles. The third kappa shape index (κ3) is 2.59. The van der Waals surface area contributed by atoms with E-state index in [1.807, 2.05) is 25.1 Å².